The predicted octanol–water partition coefficient (Wildman–Crippen LogP) is 4.38. The Morgan fingerprint density at radius 2 is 1.91 bits per heavy atom. The zero-order valence-corrected chi connectivity index (χ0v) is 13.8. The maximum Gasteiger partial charge on any atom is 0.352 e. The molecule has 1 fully saturated rings. The zero-order valence-electron chi connectivity index (χ0n) is 13.8. The van der Waals surface area contributed by atoms with Gasteiger partial charge in [0.25, 0.3) is 0 Å². The fraction of sp³-hybridized carbons (Fsp3) is 0.526. The number of hydrogen-bond donors (Lipinski definition) is 3. The number of carbonyl (C=O) groups is 1. The van der Waals surface area contributed by atoms with Crippen molar-refractivity contribution in [3.63, 3.8) is 0 Å². The maximum absolute atomic E-state index is 11.6. The SMILES string of the molecule is Cc1ccc2c(CNC3CCCCCCC3)c(C(=O)O)[nH]c2c1. The van der Waals surface area contributed by atoms with Gasteiger partial charge in [0, 0.05) is 29.1 Å². The normalized spacial score (nSPS) is 17.1. The molecule has 0 aliphatic heterocycles. The van der Waals surface area contributed by atoms with Crippen LogP contribution in [0.2, 0.25) is 0 Å². The number of aromatic nitrogens is 1. The molecule has 124 valence electrons. The van der Waals surface area contributed by atoms with Gasteiger partial charge in [0.2, 0.25) is 0 Å². The summed E-state index contributed by atoms with van der Waals surface area (Å²) in [5, 5.41) is 14.1. The van der Waals surface area contributed by atoms with E-state index in [2.05, 4.69) is 10.3 Å². The van der Waals surface area contributed by atoms with E-state index < -0.39 is 5.97 Å². The summed E-state index contributed by atoms with van der Waals surface area (Å²) in [7, 11) is 0. The van der Waals surface area contributed by atoms with Crippen LogP contribution in [-0.4, -0.2) is 22.1 Å². The Morgan fingerprint density at radius 3 is 2.61 bits per heavy atom. The minimum atomic E-state index is -0.881. The standard InChI is InChI=1S/C19H26N2O2/c1-13-9-10-15-16(18(19(22)23)21-17(15)11-13)12-20-14-7-5-3-2-4-6-8-14/h9-11,14,20-21H,2-8,12H2,1H3,(H,22,23). The number of nitrogens with one attached hydrogen (secondary N) is 2. The molecule has 3 N–H and O–H groups in total. The summed E-state index contributed by atoms with van der Waals surface area (Å²) < 4.78 is 0. The van der Waals surface area contributed by atoms with Gasteiger partial charge in [0.1, 0.15) is 5.69 Å². The lowest BCUT2D eigenvalue weighted by atomic mass is 9.96. The molecule has 1 saturated carbocycles. The summed E-state index contributed by atoms with van der Waals surface area (Å²) in [6, 6.07) is 6.60. The lowest BCUT2D eigenvalue weighted by molar-refractivity contribution is 0.0690. The molecule has 1 aliphatic rings. The first-order valence-corrected chi connectivity index (χ1v) is 8.73. The molecule has 0 atom stereocenters. The van der Waals surface area contributed by atoms with Gasteiger partial charge in [-0.2, -0.15) is 0 Å². The van der Waals surface area contributed by atoms with Gasteiger partial charge >= 0.3 is 5.97 Å². The number of aromatic amines is 1. The fourth-order valence-electron chi connectivity index (χ4n) is 3.64. The molecule has 1 aliphatic carbocycles. The van der Waals surface area contributed by atoms with Crippen molar-refractivity contribution < 1.29 is 9.90 Å². The van der Waals surface area contributed by atoms with Crippen LogP contribution >= 0.6 is 0 Å². The van der Waals surface area contributed by atoms with E-state index in [1.807, 2.05) is 25.1 Å². The topological polar surface area (TPSA) is 65.1 Å². The number of carboxylic acid groups (broad SMARTS) is 1. The van der Waals surface area contributed by atoms with Crippen LogP contribution in [0.15, 0.2) is 18.2 Å². The Labute approximate surface area is 137 Å². The van der Waals surface area contributed by atoms with Gasteiger partial charge < -0.3 is 15.4 Å². The van der Waals surface area contributed by atoms with Gasteiger partial charge in [0.05, 0.1) is 0 Å². The lowest BCUT2D eigenvalue weighted by Gasteiger charge is -2.21. The smallest absolute Gasteiger partial charge is 0.352 e. The van der Waals surface area contributed by atoms with E-state index in [-0.39, 0.29) is 0 Å². The number of rotatable bonds is 4. The second-order valence-corrected chi connectivity index (χ2v) is 6.76. The summed E-state index contributed by atoms with van der Waals surface area (Å²) in [6.45, 7) is 2.64. The predicted molar refractivity (Wildman–Crippen MR) is 92.9 cm³/mol. The summed E-state index contributed by atoms with van der Waals surface area (Å²) in [5.74, 6) is -0.881. The van der Waals surface area contributed by atoms with E-state index in [0.29, 0.717) is 18.3 Å². The molecule has 0 radical (unpaired) electrons. The quantitative estimate of drug-likeness (QED) is 0.785. The largest absolute Gasteiger partial charge is 0.477 e. The van der Waals surface area contributed by atoms with Crippen molar-refractivity contribution in [2.75, 3.05) is 0 Å². The van der Waals surface area contributed by atoms with Crippen LogP contribution in [0.5, 0.6) is 0 Å². The average Bonchev–Trinajstić information content (AvgIpc) is 2.84. The number of benzene rings is 1. The van der Waals surface area contributed by atoms with Crippen LogP contribution in [0, 0.1) is 6.92 Å². The van der Waals surface area contributed by atoms with Crippen molar-refractivity contribution in [3.8, 4) is 0 Å². The Hall–Kier alpha value is -1.81. The molecular weight excluding hydrogens is 288 g/mol. The number of H-pyrrole nitrogens is 1. The fourth-order valence-corrected chi connectivity index (χ4v) is 3.64. The second-order valence-electron chi connectivity index (χ2n) is 6.76. The molecule has 0 bridgehead atoms. The average molecular weight is 314 g/mol. The molecule has 1 heterocycles. The van der Waals surface area contributed by atoms with Crippen molar-refractivity contribution in [2.45, 2.75) is 64.5 Å². The highest BCUT2D eigenvalue weighted by molar-refractivity contribution is 5.97. The summed E-state index contributed by atoms with van der Waals surface area (Å²) in [6.07, 6.45) is 8.95. The molecule has 3 rings (SSSR count). The van der Waals surface area contributed by atoms with E-state index in [9.17, 15) is 9.90 Å². The van der Waals surface area contributed by atoms with Crippen molar-refractivity contribution in [1.82, 2.24) is 10.3 Å². The van der Waals surface area contributed by atoms with Crippen LogP contribution in [-0.2, 0) is 6.54 Å². The number of hydrogen-bond acceptors (Lipinski definition) is 2. The zero-order chi connectivity index (χ0) is 16.2. The van der Waals surface area contributed by atoms with Crippen LogP contribution in [0.3, 0.4) is 0 Å². The van der Waals surface area contributed by atoms with Gasteiger partial charge in [-0.3, -0.25) is 0 Å². The van der Waals surface area contributed by atoms with Gasteiger partial charge in [-0.25, -0.2) is 4.79 Å². The van der Waals surface area contributed by atoms with Gasteiger partial charge in [-0.05, 0) is 31.4 Å². The van der Waals surface area contributed by atoms with E-state index in [1.165, 1.54) is 44.9 Å². The van der Waals surface area contributed by atoms with Crippen LogP contribution in [0.4, 0.5) is 0 Å². The second kappa shape index (κ2) is 7.18. The van der Waals surface area contributed by atoms with Crippen LogP contribution in [0.1, 0.15) is 66.6 Å². The monoisotopic (exact) mass is 314 g/mol. The van der Waals surface area contributed by atoms with Gasteiger partial charge in [-0.15, -0.1) is 0 Å². The first-order valence-electron chi connectivity index (χ1n) is 8.73. The molecule has 2 aromatic rings. The van der Waals surface area contributed by atoms with Crippen molar-refractivity contribution in [1.29, 1.82) is 0 Å². The van der Waals surface area contributed by atoms with Crippen molar-refractivity contribution >= 4 is 16.9 Å². The third kappa shape index (κ3) is 3.75. The number of fused-ring (bicyclic) bond motifs is 1. The highest BCUT2D eigenvalue weighted by atomic mass is 16.4. The first kappa shape index (κ1) is 16.1. The Morgan fingerprint density at radius 1 is 1.22 bits per heavy atom. The Bertz CT molecular complexity index is 682. The van der Waals surface area contributed by atoms with E-state index >= 15 is 0 Å². The molecular formula is C19H26N2O2. The molecule has 4 nitrogen and oxygen atoms in total. The molecule has 0 spiro atoms. The summed E-state index contributed by atoms with van der Waals surface area (Å²) in [4.78, 5) is 14.6. The molecule has 0 amide bonds. The highest BCUT2D eigenvalue weighted by Gasteiger charge is 2.18. The van der Waals surface area contributed by atoms with Crippen LogP contribution in [0.25, 0.3) is 10.9 Å². The van der Waals surface area contributed by atoms with Crippen LogP contribution < -0.4 is 5.32 Å². The molecule has 0 unspecified atom stereocenters. The first-order chi connectivity index (χ1) is 11.1. The summed E-state index contributed by atoms with van der Waals surface area (Å²) >= 11 is 0. The number of aromatic carboxylic acids is 1. The minimum Gasteiger partial charge on any atom is -0.477 e. The minimum absolute atomic E-state index is 0.323. The molecule has 1 aromatic carbocycles. The number of aryl methyl sites for hydroxylation is 1. The lowest BCUT2D eigenvalue weighted by Crippen LogP contribution is -2.29. The van der Waals surface area contributed by atoms with Crippen molar-refractivity contribution in [3.05, 3.63) is 35.0 Å². The van der Waals surface area contributed by atoms with E-state index in [1.54, 1.807) is 0 Å². The molecule has 4 heteroatoms. The third-order valence-electron chi connectivity index (χ3n) is 4.95. The van der Waals surface area contributed by atoms with Gasteiger partial charge in [-0.1, -0.05) is 44.2 Å². The van der Waals surface area contributed by atoms with E-state index in [0.717, 1.165) is 22.0 Å². The Kier molecular flexibility index (Phi) is 5.01. The highest BCUT2D eigenvalue weighted by Crippen LogP contribution is 2.25. The third-order valence-corrected chi connectivity index (χ3v) is 4.95. The summed E-state index contributed by atoms with van der Waals surface area (Å²) in [5.41, 5.74) is 3.26. The number of carboxylic acids is 1. The molecule has 0 saturated heterocycles. The van der Waals surface area contributed by atoms with E-state index in [4.69, 9.17) is 0 Å². The van der Waals surface area contributed by atoms with Gasteiger partial charge in [0.15, 0.2) is 0 Å². The van der Waals surface area contributed by atoms with Crippen molar-refractivity contribution in [2.24, 2.45) is 0 Å². The Balaban J connectivity index is 1.80. The molecule has 1 aromatic heterocycles. The molecule has 23 heavy (non-hydrogen) atoms. The maximum atomic E-state index is 11.6.